The molecule has 0 radical (unpaired) electrons. The van der Waals surface area contributed by atoms with Crippen LogP contribution >= 0.6 is 0 Å². The van der Waals surface area contributed by atoms with Crippen molar-refractivity contribution in [3.05, 3.63) is 17.9 Å². The maximum Gasteiger partial charge on any atom is 0.517 e. The van der Waals surface area contributed by atoms with Crippen molar-refractivity contribution in [3.8, 4) is 5.75 Å². The Kier molecular flexibility index (Phi) is 6.04. The molecule has 2 aromatic rings. The first kappa shape index (κ1) is 24.7. The second-order valence-corrected chi connectivity index (χ2v) is 16.6. The van der Waals surface area contributed by atoms with Crippen LogP contribution in [0.4, 0.5) is 4.39 Å². The molecular weight excluding hydrogens is 438 g/mol. The lowest BCUT2D eigenvalue weighted by molar-refractivity contribution is -0.0365. The first-order valence-corrected chi connectivity index (χ1v) is 14.9. The van der Waals surface area contributed by atoms with Gasteiger partial charge < -0.3 is 18.5 Å². The standard InChI is InChI=1S/C24H38BFN2O4Si/c1-22(2,3)33(8,9)30-19-14-16-18(15-17(19)26)28(20-12-10-11-13-29-20)27-21(16)25-31-23(4,5)24(6,7)32-25/h14-15,20H,10-13H2,1-9H3. The fraction of sp³-hybridized carbons (Fsp3) is 0.708. The molecule has 3 heterocycles. The van der Waals surface area contributed by atoms with Crippen molar-refractivity contribution in [2.75, 3.05) is 6.61 Å². The second-order valence-electron chi connectivity index (χ2n) is 11.9. The summed E-state index contributed by atoms with van der Waals surface area (Å²) in [6, 6.07) is 3.30. The summed E-state index contributed by atoms with van der Waals surface area (Å²) in [5.74, 6) is -0.124. The highest BCUT2D eigenvalue weighted by Gasteiger charge is 2.53. The minimum Gasteiger partial charge on any atom is -0.542 e. The van der Waals surface area contributed by atoms with Crippen molar-refractivity contribution in [2.45, 2.75) is 103 Å². The van der Waals surface area contributed by atoms with Gasteiger partial charge in [0.25, 0.3) is 8.32 Å². The quantitative estimate of drug-likeness (QED) is 0.541. The highest BCUT2D eigenvalue weighted by Crippen LogP contribution is 2.40. The molecule has 0 bridgehead atoms. The molecule has 6 nitrogen and oxygen atoms in total. The second kappa shape index (κ2) is 8.07. The Morgan fingerprint density at radius 3 is 2.30 bits per heavy atom. The van der Waals surface area contributed by atoms with Crippen LogP contribution in [0.15, 0.2) is 12.1 Å². The Bertz CT molecular complexity index is 1030. The summed E-state index contributed by atoms with van der Waals surface area (Å²) in [7, 11) is -2.90. The van der Waals surface area contributed by atoms with E-state index in [9.17, 15) is 0 Å². The molecule has 2 aliphatic rings. The topological polar surface area (TPSA) is 54.7 Å². The number of rotatable bonds is 4. The van der Waals surface area contributed by atoms with Crippen LogP contribution in [0.3, 0.4) is 0 Å². The fourth-order valence-electron chi connectivity index (χ4n) is 3.93. The third-order valence-corrected chi connectivity index (χ3v) is 12.2. The number of fused-ring (bicyclic) bond motifs is 1. The lowest BCUT2D eigenvalue weighted by Gasteiger charge is -2.36. The zero-order valence-corrected chi connectivity index (χ0v) is 22.5. The molecule has 1 aromatic heterocycles. The lowest BCUT2D eigenvalue weighted by atomic mass is 9.82. The van der Waals surface area contributed by atoms with Crippen LogP contribution in [0.5, 0.6) is 5.75 Å². The Labute approximate surface area is 198 Å². The zero-order valence-electron chi connectivity index (χ0n) is 21.5. The molecule has 1 unspecified atom stereocenters. The molecule has 33 heavy (non-hydrogen) atoms. The molecular formula is C24H38BFN2O4Si. The maximum atomic E-state index is 15.4. The molecule has 9 heteroatoms. The number of hydrogen-bond donors (Lipinski definition) is 0. The van der Waals surface area contributed by atoms with Crippen molar-refractivity contribution in [1.29, 1.82) is 0 Å². The Morgan fingerprint density at radius 1 is 1.12 bits per heavy atom. The maximum absolute atomic E-state index is 15.4. The van der Waals surface area contributed by atoms with Gasteiger partial charge in [-0.3, -0.25) is 0 Å². The monoisotopic (exact) mass is 476 g/mol. The SMILES string of the molecule is CC1(C)OB(c2nn(C3CCCCO3)c3cc(F)c(O[Si](C)(C)C(C)(C)C)cc23)OC1(C)C. The predicted octanol–water partition coefficient (Wildman–Crippen LogP) is 5.56. The minimum atomic E-state index is -2.24. The van der Waals surface area contributed by atoms with Gasteiger partial charge >= 0.3 is 7.12 Å². The van der Waals surface area contributed by atoms with Gasteiger partial charge in [-0.05, 0) is 71.2 Å². The molecule has 2 saturated heterocycles. The summed E-state index contributed by atoms with van der Waals surface area (Å²) in [5, 5.41) is 5.61. The number of benzene rings is 1. The summed E-state index contributed by atoms with van der Waals surface area (Å²) in [6.07, 6.45) is 2.68. The van der Waals surface area contributed by atoms with Crippen LogP contribution in [0.2, 0.25) is 18.1 Å². The minimum absolute atomic E-state index is 0.0525. The number of halogens is 1. The summed E-state index contributed by atoms with van der Waals surface area (Å²) < 4.78 is 42.2. The number of aromatic nitrogens is 2. The van der Waals surface area contributed by atoms with Crippen LogP contribution in [-0.4, -0.2) is 43.0 Å². The summed E-state index contributed by atoms with van der Waals surface area (Å²) in [5.41, 5.74) is 0.301. The van der Waals surface area contributed by atoms with Gasteiger partial charge in [0, 0.05) is 18.1 Å². The average Bonchev–Trinajstić information content (AvgIpc) is 3.15. The van der Waals surface area contributed by atoms with Crippen molar-refractivity contribution >= 4 is 31.9 Å². The van der Waals surface area contributed by atoms with Crippen LogP contribution in [0.25, 0.3) is 10.9 Å². The largest absolute Gasteiger partial charge is 0.542 e. The fourth-order valence-corrected chi connectivity index (χ4v) is 4.94. The Morgan fingerprint density at radius 2 is 1.76 bits per heavy atom. The first-order chi connectivity index (χ1) is 15.1. The van der Waals surface area contributed by atoms with Crippen molar-refractivity contribution in [2.24, 2.45) is 0 Å². The third-order valence-electron chi connectivity index (χ3n) is 7.86. The van der Waals surface area contributed by atoms with Crippen LogP contribution in [0.1, 0.15) is 74.0 Å². The molecule has 0 amide bonds. The first-order valence-electron chi connectivity index (χ1n) is 12.0. The lowest BCUT2D eigenvalue weighted by Crippen LogP contribution is -2.44. The van der Waals surface area contributed by atoms with Crippen LogP contribution < -0.4 is 10.0 Å². The van der Waals surface area contributed by atoms with Gasteiger partial charge in [0.2, 0.25) is 0 Å². The van der Waals surface area contributed by atoms with Crippen molar-refractivity contribution < 1.29 is 22.9 Å². The van der Waals surface area contributed by atoms with E-state index in [1.54, 1.807) is 10.7 Å². The summed E-state index contributed by atoms with van der Waals surface area (Å²) in [4.78, 5) is 0. The molecule has 0 saturated carbocycles. The molecule has 0 spiro atoms. The van der Waals surface area contributed by atoms with Gasteiger partial charge in [-0.25, -0.2) is 9.07 Å². The van der Waals surface area contributed by atoms with E-state index < -0.39 is 26.6 Å². The van der Waals surface area contributed by atoms with Crippen LogP contribution in [0, 0.1) is 5.82 Å². The van der Waals surface area contributed by atoms with Crippen molar-refractivity contribution in [1.82, 2.24) is 9.78 Å². The molecule has 4 rings (SSSR count). The Hall–Kier alpha value is -1.42. The number of nitrogens with zero attached hydrogens (tertiary/aromatic N) is 2. The molecule has 0 aliphatic carbocycles. The van der Waals surface area contributed by atoms with Gasteiger partial charge in [0.1, 0.15) is 11.3 Å². The Balaban J connectivity index is 1.84. The third kappa shape index (κ3) is 4.37. The van der Waals surface area contributed by atoms with E-state index in [0.717, 1.165) is 24.6 Å². The molecule has 2 aliphatic heterocycles. The van der Waals surface area contributed by atoms with E-state index in [-0.39, 0.29) is 22.8 Å². The summed E-state index contributed by atoms with van der Waals surface area (Å²) >= 11 is 0. The molecule has 2 fully saturated rings. The van der Waals surface area contributed by atoms with Gasteiger partial charge in [0.05, 0.1) is 16.7 Å². The highest BCUT2D eigenvalue weighted by molar-refractivity contribution is 6.74. The van der Waals surface area contributed by atoms with E-state index >= 15 is 4.39 Å². The molecule has 0 N–H and O–H groups in total. The normalized spacial score (nSPS) is 23.3. The molecule has 1 aromatic carbocycles. The van der Waals surface area contributed by atoms with Gasteiger partial charge in [-0.15, -0.1) is 0 Å². The molecule has 182 valence electrons. The van der Waals surface area contributed by atoms with Crippen molar-refractivity contribution in [3.63, 3.8) is 0 Å². The average molecular weight is 476 g/mol. The van der Waals surface area contributed by atoms with E-state index in [1.807, 2.05) is 27.7 Å². The number of ether oxygens (including phenoxy) is 1. The highest BCUT2D eigenvalue weighted by atomic mass is 28.4. The molecule has 1 atom stereocenters. The smallest absolute Gasteiger partial charge is 0.517 e. The summed E-state index contributed by atoms with van der Waals surface area (Å²) in [6.45, 7) is 19.4. The van der Waals surface area contributed by atoms with E-state index in [1.165, 1.54) is 6.07 Å². The number of hydrogen-bond acceptors (Lipinski definition) is 5. The van der Waals surface area contributed by atoms with Gasteiger partial charge in [-0.2, -0.15) is 5.10 Å². The zero-order chi connectivity index (χ0) is 24.4. The van der Waals surface area contributed by atoms with Crippen LogP contribution in [-0.2, 0) is 14.0 Å². The van der Waals surface area contributed by atoms with E-state index in [4.69, 9.17) is 23.6 Å². The van der Waals surface area contributed by atoms with E-state index in [0.29, 0.717) is 17.7 Å². The van der Waals surface area contributed by atoms with Gasteiger partial charge in [0.15, 0.2) is 12.0 Å². The predicted molar refractivity (Wildman–Crippen MR) is 132 cm³/mol. The van der Waals surface area contributed by atoms with Gasteiger partial charge in [-0.1, -0.05) is 20.8 Å². The van der Waals surface area contributed by atoms with E-state index in [2.05, 4.69) is 33.9 Å².